The number of amides is 1. The smallest absolute Gasteiger partial charge is 0.293 e. The third-order valence-corrected chi connectivity index (χ3v) is 3.00. The fourth-order valence-corrected chi connectivity index (χ4v) is 1.90. The van der Waals surface area contributed by atoms with Crippen LogP contribution in [0.3, 0.4) is 0 Å². The molecule has 0 aliphatic heterocycles. The summed E-state index contributed by atoms with van der Waals surface area (Å²) in [5.74, 6) is 0.217. The Bertz CT molecular complexity index is 654. The van der Waals surface area contributed by atoms with E-state index < -0.39 is 10.8 Å². The summed E-state index contributed by atoms with van der Waals surface area (Å²) in [6.45, 7) is 1.77. The number of carbonyl (C=O) groups is 1. The number of carbonyl (C=O) groups excluding carboxylic acids is 1. The van der Waals surface area contributed by atoms with Crippen LogP contribution in [0, 0.1) is 10.1 Å². The summed E-state index contributed by atoms with van der Waals surface area (Å²) in [7, 11) is 1.58. The number of hydrogen-bond acceptors (Lipinski definition) is 5. The van der Waals surface area contributed by atoms with Crippen LogP contribution in [0.1, 0.15) is 29.1 Å². The van der Waals surface area contributed by atoms with E-state index in [1.807, 2.05) is 0 Å². The topological polar surface area (TPSA) is 113 Å². The number of anilines is 1. The number of nitro groups is 1. The van der Waals surface area contributed by atoms with Gasteiger partial charge in [0.05, 0.1) is 11.0 Å². The zero-order valence-electron chi connectivity index (χ0n) is 11.6. The van der Waals surface area contributed by atoms with E-state index >= 15 is 0 Å². The largest absolute Gasteiger partial charge is 0.383 e. The van der Waals surface area contributed by atoms with Crippen molar-refractivity contribution in [2.45, 2.75) is 13.0 Å². The second kappa shape index (κ2) is 6.04. The summed E-state index contributed by atoms with van der Waals surface area (Å²) < 4.78 is 0. The number of aromatic amines is 1. The van der Waals surface area contributed by atoms with E-state index in [-0.39, 0.29) is 17.3 Å². The predicted octanol–water partition coefficient (Wildman–Crippen LogP) is 1.85. The van der Waals surface area contributed by atoms with E-state index in [2.05, 4.69) is 20.6 Å². The van der Waals surface area contributed by atoms with Gasteiger partial charge in [0.1, 0.15) is 11.5 Å². The van der Waals surface area contributed by atoms with Crippen LogP contribution in [0.2, 0.25) is 0 Å². The molecule has 1 atom stereocenters. The summed E-state index contributed by atoms with van der Waals surface area (Å²) in [4.78, 5) is 29.5. The number of nitro benzene ring substituents is 1. The van der Waals surface area contributed by atoms with Crippen molar-refractivity contribution in [3.8, 4) is 0 Å². The predicted molar refractivity (Wildman–Crippen MR) is 77.1 cm³/mol. The van der Waals surface area contributed by atoms with Gasteiger partial charge in [-0.3, -0.25) is 14.9 Å². The molecule has 0 radical (unpaired) electrons. The van der Waals surface area contributed by atoms with Crippen molar-refractivity contribution < 1.29 is 9.72 Å². The Morgan fingerprint density at radius 1 is 1.48 bits per heavy atom. The van der Waals surface area contributed by atoms with Gasteiger partial charge in [-0.05, 0) is 19.1 Å². The first kappa shape index (κ1) is 14.5. The first-order chi connectivity index (χ1) is 10.0. The van der Waals surface area contributed by atoms with Crippen LogP contribution in [-0.2, 0) is 0 Å². The quantitative estimate of drug-likeness (QED) is 0.574. The molecule has 1 heterocycles. The number of nitrogens with one attached hydrogen (secondary N) is 3. The highest BCUT2D eigenvalue weighted by molar-refractivity contribution is 5.95. The second-order valence-corrected chi connectivity index (χ2v) is 4.41. The van der Waals surface area contributed by atoms with Crippen molar-refractivity contribution in [2.24, 2.45) is 0 Å². The number of benzene rings is 1. The van der Waals surface area contributed by atoms with E-state index in [1.165, 1.54) is 18.2 Å². The molecule has 2 aromatic rings. The maximum absolute atomic E-state index is 12.1. The molecule has 0 aliphatic rings. The third kappa shape index (κ3) is 3.16. The Labute approximate surface area is 120 Å². The lowest BCUT2D eigenvalue weighted by Crippen LogP contribution is -2.27. The van der Waals surface area contributed by atoms with Crippen LogP contribution in [-0.4, -0.2) is 27.8 Å². The summed E-state index contributed by atoms with van der Waals surface area (Å²) >= 11 is 0. The van der Waals surface area contributed by atoms with Gasteiger partial charge in [-0.25, -0.2) is 4.98 Å². The summed E-state index contributed by atoms with van der Waals surface area (Å²) in [6, 6.07) is 3.96. The number of imidazole rings is 1. The Hall–Kier alpha value is -2.90. The maximum Gasteiger partial charge on any atom is 0.293 e. The molecular weight excluding hydrogens is 274 g/mol. The van der Waals surface area contributed by atoms with Gasteiger partial charge in [0, 0.05) is 31.1 Å². The molecule has 3 N–H and O–H groups in total. The molecule has 8 nitrogen and oxygen atoms in total. The van der Waals surface area contributed by atoms with Crippen LogP contribution in [0.5, 0.6) is 0 Å². The second-order valence-electron chi connectivity index (χ2n) is 4.41. The fraction of sp³-hybridized carbons (Fsp3) is 0.231. The zero-order chi connectivity index (χ0) is 15.4. The van der Waals surface area contributed by atoms with Gasteiger partial charge in [-0.1, -0.05) is 0 Å². The van der Waals surface area contributed by atoms with Crippen molar-refractivity contribution in [3.63, 3.8) is 0 Å². The Kier molecular flexibility index (Phi) is 4.17. The van der Waals surface area contributed by atoms with E-state index in [9.17, 15) is 14.9 Å². The van der Waals surface area contributed by atoms with Gasteiger partial charge >= 0.3 is 0 Å². The summed E-state index contributed by atoms with van der Waals surface area (Å²) in [6.07, 6.45) is 3.25. The number of aromatic nitrogens is 2. The number of hydrogen-bond donors (Lipinski definition) is 3. The Balaban J connectivity index is 2.19. The van der Waals surface area contributed by atoms with Gasteiger partial charge < -0.3 is 15.6 Å². The van der Waals surface area contributed by atoms with Crippen LogP contribution >= 0.6 is 0 Å². The summed E-state index contributed by atoms with van der Waals surface area (Å²) in [5.41, 5.74) is 0.436. The molecule has 0 saturated heterocycles. The minimum atomic E-state index is -0.529. The van der Waals surface area contributed by atoms with Crippen LogP contribution < -0.4 is 10.6 Å². The minimum Gasteiger partial charge on any atom is -0.383 e. The van der Waals surface area contributed by atoms with E-state index in [1.54, 1.807) is 26.4 Å². The molecule has 1 unspecified atom stereocenters. The van der Waals surface area contributed by atoms with E-state index in [0.29, 0.717) is 11.5 Å². The van der Waals surface area contributed by atoms with Crippen LogP contribution in [0.4, 0.5) is 11.4 Å². The molecule has 110 valence electrons. The number of rotatable bonds is 5. The lowest BCUT2D eigenvalue weighted by molar-refractivity contribution is -0.384. The summed E-state index contributed by atoms with van der Waals surface area (Å²) in [5, 5.41) is 16.4. The first-order valence-electron chi connectivity index (χ1n) is 6.29. The molecule has 0 spiro atoms. The number of nitrogens with zero attached hydrogens (tertiary/aromatic N) is 2. The number of H-pyrrole nitrogens is 1. The fourth-order valence-electron chi connectivity index (χ4n) is 1.90. The van der Waals surface area contributed by atoms with E-state index in [4.69, 9.17) is 0 Å². The molecule has 2 rings (SSSR count). The van der Waals surface area contributed by atoms with Crippen molar-refractivity contribution >= 4 is 17.3 Å². The SMILES string of the molecule is CNc1ccc(C(=O)NC(C)c2ncc[nH]2)cc1[N+](=O)[O-]. The monoisotopic (exact) mass is 289 g/mol. The van der Waals surface area contributed by atoms with Crippen molar-refractivity contribution in [3.05, 3.63) is 52.1 Å². The first-order valence-corrected chi connectivity index (χ1v) is 6.29. The molecule has 0 fully saturated rings. The Morgan fingerprint density at radius 2 is 2.24 bits per heavy atom. The third-order valence-electron chi connectivity index (χ3n) is 3.00. The molecule has 1 amide bonds. The highest BCUT2D eigenvalue weighted by Crippen LogP contribution is 2.25. The van der Waals surface area contributed by atoms with Gasteiger partial charge in [-0.15, -0.1) is 0 Å². The zero-order valence-corrected chi connectivity index (χ0v) is 11.6. The highest BCUT2D eigenvalue weighted by atomic mass is 16.6. The maximum atomic E-state index is 12.1. The molecule has 1 aromatic carbocycles. The molecule has 1 aromatic heterocycles. The minimum absolute atomic E-state index is 0.143. The van der Waals surface area contributed by atoms with Gasteiger partial charge in [-0.2, -0.15) is 0 Å². The van der Waals surface area contributed by atoms with Crippen LogP contribution in [0.15, 0.2) is 30.6 Å². The molecule has 0 bridgehead atoms. The Morgan fingerprint density at radius 3 is 2.81 bits per heavy atom. The molecule has 8 heteroatoms. The van der Waals surface area contributed by atoms with Gasteiger partial charge in [0.15, 0.2) is 0 Å². The van der Waals surface area contributed by atoms with E-state index in [0.717, 1.165) is 0 Å². The van der Waals surface area contributed by atoms with Crippen molar-refractivity contribution in [1.82, 2.24) is 15.3 Å². The highest BCUT2D eigenvalue weighted by Gasteiger charge is 2.18. The van der Waals surface area contributed by atoms with Crippen molar-refractivity contribution in [2.75, 3.05) is 12.4 Å². The van der Waals surface area contributed by atoms with Gasteiger partial charge in [0.2, 0.25) is 0 Å². The normalized spacial score (nSPS) is 11.7. The molecule has 0 saturated carbocycles. The molecular formula is C13H15N5O3. The lowest BCUT2D eigenvalue weighted by atomic mass is 10.1. The van der Waals surface area contributed by atoms with Crippen molar-refractivity contribution in [1.29, 1.82) is 0 Å². The standard InChI is InChI=1S/C13H15N5O3/c1-8(12-15-5-6-16-12)17-13(19)9-3-4-10(14-2)11(7-9)18(20)21/h3-8,14H,1-2H3,(H,15,16)(H,17,19). The average Bonchev–Trinajstić information content (AvgIpc) is 3.00. The average molecular weight is 289 g/mol. The molecule has 0 aliphatic carbocycles. The lowest BCUT2D eigenvalue weighted by Gasteiger charge is -2.12. The molecule has 21 heavy (non-hydrogen) atoms. The van der Waals surface area contributed by atoms with Crippen LogP contribution in [0.25, 0.3) is 0 Å². The van der Waals surface area contributed by atoms with Gasteiger partial charge in [0.25, 0.3) is 11.6 Å².